The Hall–Kier alpha value is -2.24. The molecule has 20 heavy (non-hydrogen) atoms. The molecule has 1 fully saturated rings. The fourth-order valence-corrected chi connectivity index (χ4v) is 2.63. The molecule has 2 heterocycles. The molecule has 1 N–H and O–H groups in total. The number of carboxylic acid groups (broad SMARTS) is 1. The zero-order valence-corrected chi connectivity index (χ0v) is 10.9. The molecule has 0 saturated carbocycles. The third-order valence-corrected chi connectivity index (χ3v) is 3.68. The molecule has 2 aliphatic rings. The second-order valence-corrected chi connectivity index (χ2v) is 4.97. The number of fused-ring (bicyclic) bond motifs is 1. The van der Waals surface area contributed by atoms with E-state index in [9.17, 15) is 9.59 Å². The topological polar surface area (TPSA) is 76.1 Å². The summed E-state index contributed by atoms with van der Waals surface area (Å²) >= 11 is 0. The summed E-state index contributed by atoms with van der Waals surface area (Å²) in [7, 11) is 0. The molecule has 2 aliphatic heterocycles. The quantitative estimate of drug-likeness (QED) is 0.883. The van der Waals surface area contributed by atoms with Crippen LogP contribution < -0.4 is 9.47 Å². The molecule has 106 valence electrons. The molecule has 6 nitrogen and oxygen atoms in total. The largest absolute Gasteiger partial charge is 0.481 e. The highest BCUT2D eigenvalue weighted by molar-refractivity contribution is 5.98. The summed E-state index contributed by atoms with van der Waals surface area (Å²) in [5.74, 6) is -0.516. The summed E-state index contributed by atoms with van der Waals surface area (Å²) < 4.78 is 10.6. The van der Waals surface area contributed by atoms with Crippen LogP contribution >= 0.6 is 0 Å². The van der Waals surface area contributed by atoms with Gasteiger partial charge in [-0.3, -0.25) is 9.59 Å². The van der Waals surface area contributed by atoms with Crippen molar-refractivity contribution in [3.63, 3.8) is 0 Å². The Morgan fingerprint density at radius 2 is 2.15 bits per heavy atom. The average molecular weight is 277 g/mol. The molecule has 0 radical (unpaired) electrons. The van der Waals surface area contributed by atoms with Gasteiger partial charge in [-0.15, -0.1) is 0 Å². The van der Waals surface area contributed by atoms with Gasteiger partial charge in [-0.2, -0.15) is 0 Å². The van der Waals surface area contributed by atoms with Crippen molar-refractivity contribution in [2.24, 2.45) is 5.92 Å². The first kappa shape index (κ1) is 12.8. The lowest BCUT2D eigenvalue weighted by atomic mass is 9.97. The molecule has 1 atom stereocenters. The van der Waals surface area contributed by atoms with Crippen LogP contribution in [0.5, 0.6) is 11.5 Å². The predicted molar refractivity (Wildman–Crippen MR) is 68.8 cm³/mol. The number of carboxylic acids is 1. The molecule has 3 rings (SSSR count). The number of nitrogens with zero attached hydrogens (tertiary/aromatic N) is 1. The maximum Gasteiger partial charge on any atom is 0.308 e. The smallest absolute Gasteiger partial charge is 0.308 e. The normalized spacial score (nSPS) is 20.8. The van der Waals surface area contributed by atoms with Gasteiger partial charge in [0.25, 0.3) is 5.91 Å². The Morgan fingerprint density at radius 3 is 2.95 bits per heavy atom. The van der Waals surface area contributed by atoms with Crippen LogP contribution in [0.4, 0.5) is 0 Å². The van der Waals surface area contributed by atoms with E-state index in [4.69, 9.17) is 14.6 Å². The average Bonchev–Trinajstić information content (AvgIpc) is 2.95. The summed E-state index contributed by atoms with van der Waals surface area (Å²) in [5.41, 5.74) is 0.436. The van der Waals surface area contributed by atoms with Crippen molar-refractivity contribution in [1.29, 1.82) is 0 Å². The van der Waals surface area contributed by atoms with E-state index < -0.39 is 11.9 Å². The number of benzene rings is 1. The van der Waals surface area contributed by atoms with E-state index in [0.717, 1.165) is 0 Å². The Labute approximate surface area is 115 Å². The van der Waals surface area contributed by atoms with E-state index >= 15 is 0 Å². The lowest BCUT2D eigenvalue weighted by Crippen LogP contribution is -2.42. The van der Waals surface area contributed by atoms with Crippen LogP contribution in [-0.2, 0) is 4.79 Å². The van der Waals surface area contributed by atoms with Gasteiger partial charge in [-0.1, -0.05) is 6.07 Å². The molecule has 0 aliphatic carbocycles. The van der Waals surface area contributed by atoms with Gasteiger partial charge in [-0.25, -0.2) is 0 Å². The highest BCUT2D eigenvalue weighted by atomic mass is 16.7. The Balaban J connectivity index is 1.82. The first-order chi connectivity index (χ1) is 9.66. The second kappa shape index (κ2) is 5.03. The van der Waals surface area contributed by atoms with Crippen molar-refractivity contribution in [3.05, 3.63) is 23.8 Å². The number of aliphatic carboxylic acids is 1. The van der Waals surface area contributed by atoms with Crippen LogP contribution in [0.1, 0.15) is 23.2 Å². The summed E-state index contributed by atoms with van der Waals surface area (Å²) in [6, 6.07) is 5.16. The SMILES string of the molecule is O=C(O)[C@H]1CCCN(C(=O)c2cccc3c2OCO3)C1. The van der Waals surface area contributed by atoms with E-state index in [1.54, 1.807) is 23.1 Å². The summed E-state index contributed by atoms with van der Waals surface area (Å²) in [5, 5.41) is 9.08. The zero-order chi connectivity index (χ0) is 14.1. The highest BCUT2D eigenvalue weighted by Gasteiger charge is 2.31. The van der Waals surface area contributed by atoms with Gasteiger partial charge < -0.3 is 19.5 Å². The first-order valence-corrected chi connectivity index (χ1v) is 6.57. The summed E-state index contributed by atoms with van der Waals surface area (Å²) in [4.78, 5) is 25.2. The van der Waals surface area contributed by atoms with Crippen molar-refractivity contribution in [3.8, 4) is 11.5 Å². The number of amides is 1. The van der Waals surface area contributed by atoms with Gasteiger partial charge in [0.1, 0.15) is 0 Å². The van der Waals surface area contributed by atoms with Crippen molar-refractivity contribution < 1.29 is 24.2 Å². The van der Waals surface area contributed by atoms with Gasteiger partial charge in [0.15, 0.2) is 11.5 Å². The minimum atomic E-state index is -0.847. The number of hydrogen-bond donors (Lipinski definition) is 1. The van der Waals surface area contributed by atoms with Crippen LogP contribution in [-0.4, -0.2) is 41.8 Å². The van der Waals surface area contributed by atoms with Crippen molar-refractivity contribution >= 4 is 11.9 Å². The number of para-hydroxylation sites is 1. The van der Waals surface area contributed by atoms with E-state index in [1.165, 1.54) is 0 Å². The van der Waals surface area contributed by atoms with Crippen LogP contribution in [0.15, 0.2) is 18.2 Å². The van der Waals surface area contributed by atoms with E-state index in [-0.39, 0.29) is 19.2 Å². The Kier molecular flexibility index (Phi) is 3.22. The molecule has 0 unspecified atom stereocenters. The third kappa shape index (κ3) is 2.17. The standard InChI is InChI=1S/C14H15NO5/c16-13(15-6-2-3-9(7-15)14(17)18)10-4-1-5-11-12(10)20-8-19-11/h1,4-5,9H,2-3,6-8H2,(H,17,18)/t9-/m0/s1. The monoisotopic (exact) mass is 277 g/mol. The third-order valence-electron chi connectivity index (χ3n) is 3.68. The number of carbonyl (C=O) groups is 2. The first-order valence-electron chi connectivity index (χ1n) is 6.57. The van der Waals surface area contributed by atoms with E-state index in [2.05, 4.69) is 0 Å². The van der Waals surface area contributed by atoms with Gasteiger partial charge in [0.2, 0.25) is 6.79 Å². The second-order valence-electron chi connectivity index (χ2n) is 4.97. The Bertz CT molecular complexity index is 556. The molecule has 1 aromatic carbocycles. The number of rotatable bonds is 2. The predicted octanol–water partition coefficient (Wildman–Crippen LogP) is 1.35. The van der Waals surface area contributed by atoms with Crippen LogP contribution in [0.2, 0.25) is 0 Å². The van der Waals surface area contributed by atoms with Gasteiger partial charge in [0.05, 0.1) is 11.5 Å². The van der Waals surface area contributed by atoms with Gasteiger partial charge in [0, 0.05) is 13.1 Å². The molecule has 1 aromatic rings. The summed E-state index contributed by atoms with van der Waals surface area (Å²) in [6.45, 7) is 0.934. The molecular formula is C14H15NO5. The molecule has 0 spiro atoms. The molecule has 1 saturated heterocycles. The van der Waals surface area contributed by atoms with Crippen LogP contribution in [0.25, 0.3) is 0 Å². The molecule has 1 amide bonds. The van der Waals surface area contributed by atoms with Crippen LogP contribution in [0.3, 0.4) is 0 Å². The van der Waals surface area contributed by atoms with Crippen LogP contribution in [0, 0.1) is 5.92 Å². The van der Waals surface area contributed by atoms with Gasteiger partial charge >= 0.3 is 5.97 Å². The van der Waals surface area contributed by atoms with Crippen molar-refractivity contribution in [1.82, 2.24) is 4.90 Å². The number of hydrogen-bond acceptors (Lipinski definition) is 4. The number of piperidine rings is 1. The fraction of sp³-hybridized carbons (Fsp3) is 0.429. The van der Waals surface area contributed by atoms with Crippen molar-refractivity contribution in [2.45, 2.75) is 12.8 Å². The molecule has 0 bridgehead atoms. The van der Waals surface area contributed by atoms with Gasteiger partial charge in [-0.05, 0) is 25.0 Å². The highest BCUT2D eigenvalue weighted by Crippen LogP contribution is 2.36. The molecule has 6 heteroatoms. The number of carbonyl (C=O) groups excluding carboxylic acids is 1. The fourth-order valence-electron chi connectivity index (χ4n) is 2.63. The zero-order valence-electron chi connectivity index (χ0n) is 10.9. The number of likely N-dealkylation sites (tertiary alicyclic amines) is 1. The summed E-state index contributed by atoms with van der Waals surface area (Å²) in [6.07, 6.45) is 1.32. The van der Waals surface area contributed by atoms with E-state index in [1.807, 2.05) is 0 Å². The van der Waals surface area contributed by atoms with E-state index in [0.29, 0.717) is 36.4 Å². The molecule has 0 aromatic heterocycles. The molecular weight excluding hydrogens is 262 g/mol. The Morgan fingerprint density at radius 1 is 1.30 bits per heavy atom. The maximum absolute atomic E-state index is 12.5. The minimum absolute atomic E-state index is 0.109. The maximum atomic E-state index is 12.5. The lowest BCUT2D eigenvalue weighted by Gasteiger charge is -2.30. The van der Waals surface area contributed by atoms with Crippen molar-refractivity contribution in [2.75, 3.05) is 19.9 Å². The number of ether oxygens (including phenoxy) is 2. The minimum Gasteiger partial charge on any atom is -0.481 e. The lowest BCUT2D eigenvalue weighted by molar-refractivity contribution is -0.143.